The molecule has 0 radical (unpaired) electrons. The molecule has 18 heavy (non-hydrogen) atoms. The summed E-state index contributed by atoms with van der Waals surface area (Å²) in [7, 11) is 2.05. The Kier molecular flexibility index (Phi) is 3.15. The van der Waals surface area contributed by atoms with Crippen molar-refractivity contribution in [3.63, 3.8) is 0 Å². The van der Waals surface area contributed by atoms with Gasteiger partial charge in [0.1, 0.15) is 0 Å². The number of fused-ring (bicyclic) bond motifs is 1. The van der Waals surface area contributed by atoms with Crippen molar-refractivity contribution >= 4 is 16.6 Å². The number of rotatable bonds is 2. The molecule has 0 spiro atoms. The number of para-hydroxylation sites is 1. The molecular formula is C15H19N3. The molecule has 3 rings (SSSR count). The molecule has 0 bridgehead atoms. The van der Waals surface area contributed by atoms with E-state index in [-0.39, 0.29) is 0 Å². The van der Waals surface area contributed by atoms with Gasteiger partial charge in [-0.05, 0) is 32.0 Å². The van der Waals surface area contributed by atoms with E-state index >= 15 is 0 Å². The minimum atomic E-state index is 0.595. The maximum Gasteiger partial charge on any atom is 0.0935 e. The number of piperidine rings is 1. The summed E-state index contributed by atoms with van der Waals surface area (Å²) in [6.07, 6.45) is 4.39. The van der Waals surface area contributed by atoms with Crippen LogP contribution in [0.1, 0.15) is 12.8 Å². The summed E-state index contributed by atoms with van der Waals surface area (Å²) >= 11 is 0. The van der Waals surface area contributed by atoms with Crippen LogP contribution >= 0.6 is 0 Å². The van der Waals surface area contributed by atoms with Crippen molar-refractivity contribution in [2.45, 2.75) is 18.9 Å². The molecule has 1 unspecified atom stereocenters. The second-order valence-corrected chi connectivity index (χ2v) is 4.93. The Bertz CT molecular complexity index is 533. The van der Waals surface area contributed by atoms with E-state index in [0.717, 1.165) is 18.6 Å². The van der Waals surface area contributed by atoms with E-state index in [1.807, 2.05) is 12.3 Å². The Morgan fingerprint density at radius 3 is 3.06 bits per heavy atom. The highest BCUT2D eigenvalue weighted by molar-refractivity contribution is 5.90. The first-order valence-electron chi connectivity index (χ1n) is 6.64. The summed E-state index contributed by atoms with van der Waals surface area (Å²) in [5, 5.41) is 4.61. The third-order valence-electron chi connectivity index (χ3n) is 3.78. The van der Waals surface area contributed by atoms with Crippen molar-refractivity contribution in [2.75, 3.05) is 25.0 Å². The van der Waals surface area contributed by atoms with Gasteiger partial charge in [-0.1, -0.05) is 18.2 Å². The predicted octanol–water partition coefficient (Wildman–Crippen LogP) is 2.42. The van der Waals surface area contributed by atoms with Gasteiger partial charge in [0.15, 0.2) is 0 Å². The SMILES string of the molecule is CNC1CCCN(c2cccc3cccnc23)C1. The Hall–Kier alpha value is -1.61. The van der Waals surface area contributed by atoms with Crippen molar-refractivity contribution < 1.29 is 0 Å². The van der Waals surface area contributed by atoms with Gasteiger partial charge in [-0.3, -0.25) is 4.98 Å². The zero-order valence-corrected chi connectivity index (χ0v) is 10.8. The molecule has 0 aliphatic carbocycles. The lowest BCUT2D eigenvalue weighted by atomic mass is 10.0. The van der Waals surface area contributed by atoms with Crippen molar-refractivity contribution in [2.24, 2.45) is 0 Å². The van der Waals surface area contributed by atoms with Crippen LogP contribution < -0.4 is 10.2 Å². The number of anilines is 1. The number of aromatic nitrogens is 1. The van der Waals surface area contributed by atoms with Crippen LogP contribution in [-0.4, -0.2) is 31.2 Å². The van der Waals surface area contributed by atoms with Crippen molar-refractivity contribution in [1.29, 1.82) is 0 Å². The molecule has 1 fully saturated rings. The molecule has 1 N–H and O–H groups in total. The van der Waals surface area contributed by atoms with Crippen molar-refractivity contribution in [3.05, 3.63) is 36.5 Å². The van der Waals surface area contributed by atoms with Gasteiger partial charge in [-0.15, -0.1) is 0 Å². The van der Waals surface area contributed by atoms with Crippen LogP contribution in [0.4, 0.5) is 5.69 Å². The molecule has 1 aliphatic rings. The second kappa shape index (κ2) is 4.94. The topological polar surface area (TPSA) is 28.2 Å². The van der Waals surface area contributed by atoms with Gasteiger partial charge in [-0.2, -0.15) is 0 Å². The zero-order chi connectivity index (χ0) is 12.4. The number of nitrogens with one attached hydrogen (secondary N) is 1. The number of nitrogens with zero attached hydrogens (tertiary/aromatic N) is 2. The number of hydrogen-bond donors (Lipinski definition) is 1. The molecule has 2 heterocycles. The normalized spacial score (nSPS) is 20.3. The molecule has 2 aromatic rings. The smallest absolute Gasteiger partial charge is 0.0935 e. The summed E-state index contributed by atoms with van der Waals surface area (Å²) in [6, 6.07) is 11.2. The number of likely N-dealkylation sites (N-methyl/N-ethyl adjacent to an activating group) is 1. The van der Waals surface area contributed by atoms with E-state index in [2.05, 4.69) is 46.5 Å². The number of pyridine rings is 1. The van der Waals surface area contributed by atoms with Gasteiger partial charge in [0.25, 0.3) is 0 Å². The van der Waals surface area contributed by atoms with E-state index in [9.17, 15) is 0 Å². The summed E-state index contributed by atoms with van der Waals surface area (Å²) in [6.45, 7) is 2.21. The summed E-state index contributed by atoms with van der Waals surface area (Å²) in [4.78, 5) is 7.00. The first kappa shape index (κ1) is 11.5. The molecule has 94 valence electrons. The highest BCUT2D eigenvalue weighted by Crippen LogP contribution is 2.27. The Balaban J connectivity index is 1.98. The lowest BCUT2D eigenvalue weighted by Crippen LogP contribution is -2.44. The molecule has 1 aromatic heterocycles. The van der Waals surface area contributed by atoms with Crippen LogP contribution in [0.15, 0.2) is 36.5 Å². The Morgan fingerprint density at radius 1 is 1.28 bits per heavy atom. The minimum Gasteiger partial charge on any atom is -0.368 e. The van der Waals surface area contributed by atoms with E-state index in [1.165, 1.54) is 23.9 Å². The predicted molar refractivity (Wildman–Crippen MR) is 76.0 cm³/mol. The summed E-state index contributed by atoms with van der Waals surface area (Å²) < 4.78 is 0. The zero-order valence-electron chi connectivity index (χ0n) is 10.8. The van der Waals surface area contributed by atoms with E-state index in [0.29, 0.717) is 6.04 Å². The highest BCUT2D eigenvalue weighted by Gasteiger charge is 2.20. The largest absolute Gasteiger partial charge is 0.368 e. The average molecular weight is 241 g/mol. The summed E-state index contributed by atoms with van der Waals surface area (Å²) in [5.74, 6) is 0. The molecule has 3 heteroatoms. The molecule has 3 nitrogen and oxygen atoms in total. The van der Waals surface area contributed by atoms with Crippen molar-refractivity contribution in [3.8, 4) is 0 Å². The average Bonchev–Trinajstić information content (AvgIpc) is 2.47. The maximum absolute atomic E-state index is 4.55. The Morgan fingerprint density at radius 2 is 2.17 bits per heavy atom. The molecule has 1 aliphatic heterocycles. The fourth-order valence-corrected chi connectivity index (χ4v) is 2.77. The molecule has 1 atom stereocenters. The molecule has 1 aromatic carbocycles. The van der Waals surface area contributed by atoms with Gasteiger partial charge in [0.2, 0.25) is 0 Å². The van der Waals surface area contributed by atoms with E-state index in [4.69, 9.17) is 0 Å². The van der Waals surface area contributed by atoms with Crippen LogP contribution in [0.3, 0.4) is 0 Å². The Labute approximate surface area is 108 Å². The van der Waals surface area contributed by atoms with Crippen molar-refractivity contribution in [1.82, 2.24) is 10.3 Å². The summed E-state index contributed by atoms with van der Waals surface area (Å²) in [5.41, 5.74) is 2.39. The van der Waals surface area contributed by atoms with Crippen LogP contribution in [0, 0.1) is 0 Å². The fraction of sp³-hybridized carbons (Fsp3) is 0.400. The van der Waals surface area contributed by atoms with Gasteiger partial charge in [0, 0.05) is 30.7 Å². The van der Waals surface area contributed by atoms with Crippen LogP contribution in [-0.2, 0) is 0 Å². The quantitative estimate of drug-likeness (QED) is 0.875. The molecular weight excluding hydrogens is 222 g/mol. The fourth-order valence-electron chi connectivity index (χ4n) is 2.77. The van der Waals surface area contributed by atoms with Crippen LogP contribution in [0.5, 0.6) is 0 Å². The van der Waals surface area contributed by atoms with E-state index in [1.54, 1.807) is 0 Å². The minimum absolute atomic E-state index is 0.595. The van der Waals surface area contributed by atoms with Gasteiger partial charge >= 0.3 is 0 Å². The first-order valence-corrected chi connectivity index (χ1v) is 6.64. The van der Waals surface area contributed by atoms with Gasteiger partial charge in [0.05, 0.1) is 11.2 Å². The molecule has 1 saturated heterocycles. The lowest BCUT2D eigenvalue weighted by Gasteiger charge is -2.34. The standard InChI is InChI=1S/C15H19N3/c1-16-13-7-4-10-18(11-13)14-8-2-5-12-6-3-9-17-15(12)14/h2-3,5-6,8-9,13,16H,4,7,10-11H2,1H3. The third kappa shape index (κ3) is 2.06. The van der Waals surface area contributed by atoms with E-state index < -0.39 is 0 Å². The van der Waals surface area contributed by atoms with Crippen LogP contribution in [0.2, 0.25) is 0 Å². The number of hydrogen-bond acceptors (Lipinski definition) is 3. The number of benzene rings is 1. The highest BCUT2D eigenvalue weighted by atomic mass is 15.2. The second-order valence-electron chi connectivity index (χ2n) is 4.93. The third-order valence-corrected chi connectivity index (χ3v) is 3.78. The van der Waals surface area contributed by atoms with Crippen LogP contribution in [0.25, 0.3) is 10.9 Å². The van der Waals surface area contributed by atoms with Gasteiger partial charge < -0.3 is 10.2 Å². The lowest BCUT2D eigenvalue weighted by molar-refractivity contribution is 0.450. The molecule has 0 saturated carbocycles. The van der Waals surface area contributed by atoms with Gasteiger partial charge in [-0.25, -0.2) is 0 Å². The first-order chi connectivity index (χ1) is 8.88. The molecule has 0 amide bonds. The maximum atomic E-state index is 4.55. The monoisotopic (exact) mass is 241 g/mol.